The summed E-state index contributed by atoms with van der Waals surface area (Å²) >= 11 is 0. The summed E-state index contributed by atoms with van der Waals surface area (Å²) < 4.78 is 14.1. The molecular formula is C25H23FN6O. The first-order chi connectivity index (χ1) is 16.1. The van der Waals surface area contributed by atoms with Gasteiger partial charge in [0.15, 0.2) is 5.82 Å². The fraction of sp³-hybridized carbons (Fsp3) is 0.240. The Morgan fingerprint density at radius 1 is 1.18 bits per heavy atom. The van der Waals surface area contributed by atoms with E-state index in [1.807, 2.05) is 11.8 Å². The van der Waals surface area contributed by atoms with Crippen LogP contribution in [0.1, 0.15) is 51.9 Å². The maximum Gasteiger partial charge on any atom is 0.254 e. The van der Waals surface area contributed by atoms with Crippen LogP contribution in [0.25, 0.3) is 11.5 Å². The maximum absolute atomic E-state index is 14.1. The van der Waals surface area contributed by atoms with E-state index >= 15 is 0 Å². The Morgan fingerprint density at radius 3 is 2.88 bits per heavy atom. The first-order valence-corrected chi connectivity index (χ1v) is 10.9. The molecule has 1 saturated heterocycles. The molecule has 1 aromatic carbocycles. The number of aromatic amines is 1. The lowest BCUT2D eigenvalue weighted by Crippen LogP contribution is -2.31. The molecule has 5 rings (SSSR count). The number of halogens is 1. The second-order valence-corrected chi connectivity index (χ2v) is 8.20. The summed E-state index contributed by atoms with van der Waals surface area (Å²) in [5, 5.41) is 0. The second kappa shape index (κ2) is 8.90. The highest BCUT2D eigenvalue weighted by Gasteiger charge is 2.32. The third kappa shape index (κ3) is 4.37. The smallest absolute Gasteiger partial charge is 0.254 e. The summed E-state index contributed by atoms with van der Waals surface area (Å²) in [4.78, 5) is 36.2. The van der Waals surface area contributed by atoms with Crippen molar-refractivity contribution >= 4 is 5.91 Å². The summed E-state index contributed by atoms with van der Waals surface area (Å²) in [6.07, 6.45) is 8.76. The van der Waals surface area contributed by atoms with Gasteiger partial charge in [0, 0.05) is 42.3 Å². The zero-order valence-electron chi connectivity index (χ0n) is 18.2. The number of aromatic nitrogens is 5. The SMILES string of the molecule is Cc1cnc(-c2cncc([C@H]3CCCN3C(=O)c3ccnc(Cc4ccccc4F)c3)n2)[nH]1. The van der Waals surface area contributed by atoms with E-state index in [2.05, 4.69) is 19.9 Å². The topological polar surface area (TPSA) is 87.7 Å². The van der Waals surface area contributed by atoms with E-state index in [0.29, 0.717) is 41.3 Å². The van der Waals surface area contributed by atoms with Crippen LogP contribution in [0, 0.1) is 12.7 Å². The molecule has 166 valence electrons. The van der Waals surface area contributed by atoms with Crippen LogP contribution in [-0.4, -0.2) is 42.3 Å². The van der Waals surface area contributed by atoms with Gasteiger partial charge < -0.3 is 9.88 Å². The van der Waals surface area contributed by atoms with E-state index in [1.54, 1.807) is 55.1 Å². The van der Waals surface area contributed by atoms with Crippen LogP contribution in [0.15, 0.2) is 61.2 Å². The molecule has 4 heterocycles. The van der Waals surface area contributed by atoms with Gasteiger partial charge in [0.2, 0.25) is 0 Å². The van der Waals surface area contributed by atoms with Gasteiger partial charge in [0.05, 0.1) is 24.1 Å². The number of aryl methyl sites for hydroxylation is 1. The summed E-state index contributed by atoms with van der Waals surface area (Å²) in [6, 6.07) is 9.90. The van der Waals surface area contributed by atoms with Crippen molar-refractivity contribution in [2.75, 3.05) is 6.54 Å². The predicted octanol–water partition coefficient (Wildman–Crippen LogP) is 4.28. The third-order valence-electron chi connectivity index (χ3n) is 5.85. The Bertz CT molecular complexity index is 1300. The molecule has 3 aromatic heterocycles. The van der Waals surface area contributed by atoms with Crippen molar-refractivity contribution in [3.63, 3.8) is 0 Å². The van der Waals surface area contributed by atoms with Crippen LogP contribution >= 0.6 is 0 Å². The molecular weight excluding hydrogens is 419 g/mol. The van der Waals surface area contributed by atoms with Crippen LogP contribution in [-0.2, 0) is 6.42 Å². The molecule has 7 nitrogen and oxygen atoms in total. The van der Waals surface area contributed by atoms with Crippen molar-refractivity contribution in [2.45, 2.75) is 32.2 Å². The van der Waals surface area contributed by atoms with Crippen molar-refractivity contribution in [1.29, 1.82) is 0 Å². The fourth-order valence-corrected chi connectivity index (χ4v) is 4.23. The van der Waals surface area contributed by atoms with E-state index in [9.17, 15) is 9.18 Å². The number of imidazole rings is 1. The third-order valence-corrected chi connectivity index (χ3v) is 5.85. The molecule has 0 unspecified atom stereocenters. The van der Waals surface area contributed by atoms with Crippen molar-refractivity contribution in [1.82, 2.24) is 29.8 Å². The molecule has 0 aliphatic carbocycles. The standard InChI is InChI=1S/C25H23FN6O/c1-16-13-29-24(30-16)22-15-27-14-21(31-22)23-7-4-10-32(23)25(33)18-8-9-28-19(12-18)11-17-5-2-3-6-20(17)26/h2-3,5-6,8-9,12-15,23H,4,7,10-11H2,1H3,(H,29,30)/t23-/m1/s1. The minimum atomic E-state index is -0.277. The summed E-state index contributed by atoms with van der Waals surface area (Å²) in [5.41, 5.74) is 4.07. The fourth-order valence-electron chi connectivity index (χ4n) is 4.23. The Labute approximate surface area is 190 Å². The molecule has 33 heavy (non-hydrogen) atoms. The van der Waals surface area contributed by atoms with E-state index < -0.39 is 0 Å². The number of carbonyl (C=O) groups is 1. The molecule has 0 spiro atoms. The summed E-state index contributed by atoms with van der Waals surface area (Å²) in [6.45, 7) is 2.57. The number of nitrogens with one attached hydrogen (secondary N) is 1. The highest BCUT2D eigenvalue weighted by atomic mass is 19.1. The Balaban J connectivity index is 1.38. The van der Waals surface area contributed by atoms with E-state index in [4.69, 9.17) is 4.98 Å². The minimum absolute atomic E-state index is 0.0873. The molecule has 1 aliphatic rings. The number of carbonyl (C=O) groups excluding carboxylic acids is 1. The molecule has 1 atom stereocenters. The molecule has 1 fully saturated rings. The summed E-state index contributed by atoms with van der Waals surface area (Å²) in [7, 11) is 0. The quantitative estimate of drug-likeness (QED) is 0.499. The monoisotopic (exact) mass is 442 g/mol. The van der Waals surface area contributed by atoms with Gasteiger partial charge in [0.25, 0.3) is 5.91 Å². The van der Waals surface area contributed by atoms with Crippen LogP contribution in [0.2, 0.25) is 0 Å². The first kappa shape index (κ1) is 20.9. The number of benzene rings is 1. The van der Waals surface area contributed by atoms with Crippen molar-refractivity contribution in [3.8, 4) is 11.5 Å². The maximum atomic E-state index is 14.1. The number of hydrogen-bond acceptors (Lipinski definition) is 5. The van der Waals surface area contributed by atoms with Crippen LogP contribution in [0.5, 0.6) is 0 Å². The van der Waals surface area contributed by atoms with Gasteiger partial charge in [-0.05, 0) is 43.5 Å². The number of nitrogens with zero attached hydrogens (tertiary/aromatic N) is 5. The molecule has 0 saturated carbocycles. The minimum Gasteiger partial charge on any atom is -0.341 e. The second-order valence-electron chi connectivity index (χ2n) is 8.20. The molecule has 8 heteroatoms. The molecule has 1 aliphatic heterocycles. The number of H-pyrrole nitrogens is 1. The Kier molecular flexibility index (Phi) is 5.64. The Hall–Kier alpha value is -3.94. The Morgan fingerprint density at radius 2 is 2.06 bits per heavy atom. The highest BCUT2D eigenvalue weighted by Crippen LogP contribution is 2.32. The van der Waals surface area contributed by atoms with Crippen molar-refractivity contribution < 1.29 is 9.18 Å². The van der Waals surface area contributed by atoms with Crippen LogP contribution < -0.4 is 0 Å². The normalized spacial score (nSPS) is 15.7. The largest absolute Gasteiger partial charge is 0.341 e. The van der Waals surface area contributed by atoms with Gasteiger partial charge >= 0.3 is 0 Å². The van der Waals surface area contributed by atoms with Gasteiger partial charge in [0.1, 0.15) is 11.5 Å². The lowest BCUT2D eigenvalue weighted by Gasteiger charge is -2.24. The number of hydrogen-bond donors (Lipinski definition) is 1. The lowest BCUT2D eigenvalue weighted by molar-refractivity contribution is 0.0732. The van der Waals surface area contributed by atoms with Crippen LogP contribution in [0.4, 0.5) is 4.39 Å². The zero-order valence-corrected chi connectivity index (χ0v) is 18.2. The zero-order chi connectivity index (χ0) is 22.8. The number of pyridine rings is 1. The molecule has 0 bridgehead atoms. The van der Waals surface area contributed by atoms with Gasteiger partial charge in [-0.1, -0.05) is 18.2 Å². The van der Waals surface area contributed by atoms with Crippen molar-refractivity contribution in [2.24, 2.45) is 0 Å². The van der Waals surface area contributed by atoms with Gasteiger partial charge in [-0.3, -0.25) is 14.8 Å². The predicted molar refractivity (Wildman–Crippen MR) is 121 cm³/mol. The molecule has 1 N–H and O–H groups in total. The van der Waals surface area contributed by atoms with Gasteiger partial charge in [-0.2, -0.15) is 0 Å². The number of likely N-dealkylation sites (tertiary alicyclic amines) is 1. The van der Waals surface area contributed by atoms with E-state index in [1.165, 1.54) is 6.07 Å². The average Bonchev–Trinajstić information content (AvgIpc) is 3.50. The molecule has 1 amide bonds. The highest BCUT2D eigenvalue weighted by molar-refractivity contribution is 5.94. The van der Waals surface area contributed by atoms with Gasteiger partial charge in [-0.25, -0.2) is 14.4 Å². The van der Waals surface area contributed by atoms with Crippen LogP contribution in [0.3, 0.4) is 0 Å². The lowest BCUT2D eigenvalue weighted by atomic mass is 10.1. The number of amides is 1. The first-order valence-electron chi connectivity index (χ1n) is 10.9. The average molecular weight is 442 g/mol. The number of rotatable bonds is 5. The van der Waals surface area contributed by atoms with Gasteiger partial charge in [-0.15, -0.1) is 0 Å². The molecule has 4 aromatic rings. The molecule has 0 radical (unpaired) electrons. The summed E-state index contributed by atoms with van der Waals surface area (Å²) in [5.74, 6) is 0.293. The van der Waals surface area contributed by atoms with E-state index in [0.717, 1.165) is 24.2 Å². The van der Waals surface area contributed by atoms with E-state index in [-0.39, 0.29) is 17.8 Å². The van der Waals surface area contributed by atoms with Crippen molar-refractivity contribution in [3.05, 3.63) is 95.2 Å².